The molecule has 1 saturated carbocycles. The summed E-state index contributed by atoms with van der Waals surface area (Å²) in [5, 5.41) is 0.456. The van der Waals surface area contributed by atoms with Crippen molar-refractivity contribution in [1.29, 1.82) is 0 Å². The van der Waals surface area contributed by atoms with Gasteiger partial charge in [-0.3, -0.25) is 4.79 Å². The van der Waals surface area contributed by atoms with E-state index in [4.69, 9.17) is 4.74 Å². The third kappa shape index (κ3) is 2.64. The van der Waals surface area contributed by atoms with Crippen LogP contribution in [0.2, 0.25) is 0 Å². The minimum atomic E-state index is 0.107. The van der Waals surface area contributed by atoms with Crippen LogP contribution in [-0.4, -0.2) is 16.5 Å². The van der Waals surface area contributed by atoms with Gasteiger partial charge in [0.1, 0.15) is 5.78 Å². The molecule has 1 heterocycles. The predicted molar refractivity (Wildman–Crippen MR) is 58.0 cm³/mol. The maximum absolute atomic E-state index is 11.2. The number of Topliss-reactive ketones (excluding diaryl/α,β-unsaturated/α-hetero) is 1. The Hall–Kier alpha value is -0.700. The Labute approximate surface area is 88.4 Å². The zero-order valence-corrected chi connectivity index (χ0v) is 8.83. The lowest BCUT2D eigenvalue weighted by molar-refractivity contribution is -0.120. The highest BCUT2D eigenvalue weighted by Gasteiger charge is 2.23. The Morgan fingerprint density at radius 1 is 1.43 bits per heavy atom. The number of carbonyl (C=O) groups is 1. The largest absolute Gasteiger partial charge is 0.483 e. The zero-order chi connectivity index (χ0) is 9.80. The number of ketones is 1. The molecular formula is C11H14O2S. The predicted octanol–water partition coefficient (Wildman–Crippen LogP) is 2.66. The second kappa shape index (κ2) is 4.69. The number of hydrogen-bond acceptors (Lipinski definition) is 3. The first-order chi connectivity index (χ1) is 6.84. The number of allylic oxidation sites excluding steroid dienone is 2. The smallest absolute Gasteiger partial charge is 0.162 e. The van der Waals surface area contributed by atoms with Crippen molar-refractivity contribution in [3.63, 3.8) is 0 Å². The quantitative estimate of drug-likeness (QED) is 0.701. The molecular weight excluding hydrogens is 196 g/mol. The highest BCUT2D eigenvalue weighted by Crippen LogP contribution is 2.31. The van der Waals surface area contributed by atoms with E-state index in [1.54, 1.807) is 18.0 Å². The Balaban J connectivity index is 1.81. The summed E-state index contributed by atoms with van der Waals surface area (Å²) in [6, 6.07) is 0. The molecule has 2 aliphatic rings. The van der Waals surface area contributed by atoms with Crippen molar-refractivity contribution in [3.05, 3.63) is 24.5 Å². The van der Waals surface area contributed by atoms with Crippen molar-refractivity contribution >= 4 is 17.5 Å². The van der Waals surface area contributed by atoms with Crippen LogP contribution in [0.1, 0.15) is 25.7 Å². The molecule has 3 heteroatoms. The summed E-state index contributed by atoms with van der Waals surface area (Å²) in [7, 11) is 0. The van der Waals surface area contributed by atoms with Gasteiger partial charge >= 0.3 is 0 Å². The summed E-state index contributed by atoms with van der Waals surface area (Å²) in [5.41, 5.74) is 0.107. The Bertz CT molecular complexity index is 270. The lowest BCUT2D eigenvalue weighted by Crippen LogP contribution is -2.20. The number of hydrogen-bond donors (Lipinski definition) is 0. The molecule has 2 atom stereocenters. The van der Waals surface area contributed by atoms with Gasteiger partial charge in [-0.15, -0.1) is 11.8 Å². The first-order valence-corrected chi connectivity index (χ1v) is 5.95. The summed E-state index contributed by atoms with van der Waals surface area (Å²) in [6.07, 6.45) is 11.3. The van der Waals surface area contributed by atoms with E-state index in [0.29, 0.717) is 11.0 Å². The van der Waals surface area contributed by atoms with E-state index in [1.807, 2.05) is 18.2 Å². The maximum atomic E-state index is 11.2. The van der Waals surface area contributed by atoms with Gasteiger partial charge in [0.2, 0.25) is 0 Å². The molecule has 0 radical (unpaired) electrons. The second-order valence-electron chi connectivity index (χ2n) is 3.61. The number of carbonyl (C=O) groups excluding carboxylic acids is 1. The van der Waals surface area contributed by atoms with E-state index in [0.717, 1.165) is 25.7 Å². The first kappa shape index (κ1) is 9.84. The topological polar surface area (TPSA) is 26.3 Å². The molecule has 0 spiro atoms. The Morgan fingerprint density at radius 3 is 3.07 bits per heavy atom. The molecule has 1 aliphatic heterocycles. The Morgan fingerprint density at radius 2 is 2.36 bits per heavy atom. The number of thioether (sulfide) groups is 1. The monoisotopic (exact) mass is 210 g/mol. The molecule has 0 aromatic heterocycles. The SMILES string of the molecule is O=C1CCCC(SC2C=CC=CO2)C1. The van der Waals surface area contributed by atoms with Crippen molar-refractivity contribution in [2.75, 3.05) is 0 Å². The Kier molecular flexibility index (Phi) is 3.30. The molecule has 0 N–H and O–H groups in total. The van der Waals surface area contributed by atoms with Crippen molar-refractivity contribution < 1.29 is 9.53 Å². The van der Waals surface area contributed by atoms with Crippen molar-refractivity contribution in [2.45, 2.75) is 36.4 Å². The molecule has 2 unspecified atom stereocenters. The minimum Gasteiger partial charge on any atom is -0.483 e. The van der Waals surface area contributed by atoms with Crippen molar-refractivity contribution in [2.24, 2.45) is 0 Å². The van der Waals surface area contributed by atoms with Gasteiger partial charge in [-0.05, 0) is 25.0 Å². The van der Waals surface area contributed by atoms with E-state index in [-0.39, 0.29) is 5.44 Å². The van der Waals surface area contributed by atoms with Gasteiger partial charge in [-0.2, -0.15) is 0 Å². The summed E-state index contributed by atoms with van der Waals surface area (Å²) in [5.74, 6) is 0.407. The third-order valence-electron chi connectivity index (χ3n) is 2.43. The van der Waals surface area contributed by atoms with Crippen LogP contribution >= 0.6 is 11.8 Å². The molecule has 0 bridgehead atoms. The lowest BCUT2D eigenvalue weighted by atomic mass is 9.99. The van der Waals surface area contributed by atoms with Crippen LogP contribution < -0.4 is 0 Å². The van der Waals surface area contributed by atoms with Crippen molar-refractivity contribution in [3.8, 4) is 0 Å². The molecule has 0 aromatic carbocycles. The zero-order valence-electron chi connectivity index (χ0n) is 8.02. The van der Waals surface area contributed by atoms with Crippen molar-refractivity contribution in [1.82, 2.24) is 0 Å². The summed E-state index contributed by atoms with van der Waals surface area (Å²) < 4.78 is 5.40. The van der Waals surface area contributed by atoms with Gasteiger partial charge < -0.3 is 4.74 Å². The molecule has 2 rings (SSSR count). The first-order valence-electron chi connectivity index (χ1n) is 5.00. The van der Waals surface area contributed by atoms with E-state index in [9.17, 15) is 4.79 Å². The van der Waals surface area contributed by atoms with E-state index in [1.165, 1.54) is 0 Å². The number of ether oxygens (including phenoxy) is 1. The summed E-state index contributed by atoms with van der Waals surface area (Å²) in [4.78, 5) is 11.2. The van der Waals surface area contributed by atoms with Gasteiger partial charge in [0.25, 0.3) is 0 Å². The third-order valence-corrected chi connectivity index (χ3v) is 3.76. The highest BCUT2D eigenvalue weighted by atomic mass is 32.2. The second-order valence-corrected chi connectivity index (χ2v) is 5.01. The fourth-order valence-corrected chi connectivity index (χ4v) is 3.01. The van der Waals surface area contributed by atoms with Crippen LogP contribution in [0.4, 0.5) is 0 Å². The van der Waals surface area contributed by atoms with Gasteiger partial charge in [0, 0.05) is 18.1 Å². The standard InChI is InChI=1S/C11H14O2S/c12-9-4-3-5-10(8-9)14-11-6-1-2-7-13-11/h1-2,6-7,10-11H,3-5,8H2. The van der Waals surface area contributed by atoms with E-state index >= 15 is 0 Å². The molecule has 76 valence electrons. The van der Waals surface area contributed by atoms with E-state index in [2.05, 4.69) is 0 Å². The summed E-state index contributed by atoms with van der Waals surface area (Å²) >= 11 is 1.76. The van der Waals surface area contributed by atoms with Crippen LogP contribution in [0.15, 0.2) is 24.5 Å². The van der Waals surface area contributed by atoms with Crippen LogP contribution in [0.25, 0.3) is 0 Å². The van der Waals surface area contributed by atoms with Gasteiger partial charge in [0.15, 0.2) is 5.44 Å². The normalized spacial score (nSPS) is 31.6. The van der Waals surface area contributed by atoms with Gasteiger partial charge in [-0.25, -0.2) is 0 Å². The summed E-state index contributed by atoms with van der Waals surface area (Å²) in [6.45, 7) is 0. The maximum Gasteiger partial charge on any atom is 0.162 e. The number of rotatable bonds is 2. The minimum absolute atomic E-state index is 0.107. The fraction of sp³-hybridized carbons (Fsp3) is 0.545. The lowest BCUT2D eigenvalue weighted by Gasteiger charge is -2.24. The van der Waals surface area contributed by atoms with Crippen LogP contribution in [0.5, 0.6) is 0 Å². The fourth-order valence-electron chi connectivity index (χ4n) is 1.74. The average molecular weight is 210 g/mol. The average Bonchev–Trinajstić information content (AvgIpc) is 2.19. The molecule has 1 aliphatic carbocycles. The van der Waals surface area contributed by atoms with Crippen LogP contribution in [-0.2, 0) is 9.53 Å². The van der Waals surface area contributed by atoms with Crippen LogP contribution in [0, 0.1) is 0 Å². The molecule has 0 aromatic rings. The van der Waals surface area contributed by atoms with Crippen LogP contribution in [0.3, 0.4) is 0 Å². The molecule has 1 fully saturated rings. The van der Waals surface area contributed by atoms with Gasteiger partial charge in [0.05, 0.1) is 6.26 Å². The molecule has 14 heavy (non-hydrogen) atoms. The molecule has 0 amide bonds. The van der Waals surface area contributed by atoms with Gasteiger partial charge in [-0.1, -0.05) is 6.08 Å². The highest BCUT2D eigenvalue weighted by molar-refractivity contribution is 8.00. The molecule has 0 saturated heterocycles. The van der Waals surface area contributed by atoms with E-state index < -0.39 is 0 Å². The molecule has 2 nitrogen and oxygen atoms in total.